The average Bonchev–Trinajstić information content (AvgIpc) is 3.08. The van der Waals surface area contributed by atoms with Crippen molar-refractivity contribution < 1.29 is 4.39 Å². The van der Waals surface area contributed by atoms with Crippen LogP contribution in [0.15, 0.2) is 52.7 Å². The van der Waals surface area contributed by atoms with Gasteiger partial charge in [-0.25, -0.2) is 8.70 Å². The van der Waals surface area contributed by atoms with Crippen LogP contribution in [0, 0.1) is 11.8 Å². The summed E-state index contributed by atoms with van der Waals surface area (Å²) in [6, 6.07) is 8.36. The van der Waals surface area contributed by atoms with Crippen molar-refractivity contribution in [2.45, 2.75) is 13.1 Å². The second kappa shape index (κ2) is 9.12. The number of nitrogens with zero attached hydrogens (tertiary/aromatic N) is 3. The molecule has 1 aromatic rings. The van der Waals surface area contributed by atoms with Gasteiger partial charge in [0.05, 0.1) is 5.70 Å². The number of allylic oxidation sites excluding steroid dienone is 2. The fourth-order valence-electron chi connectivity index (χ4n) is 3.11. The molecule has 2 aliphatic heterocycles. The molecule has 2 heterocycles. The highest BCUT2D eigenvalue weighted by molar-refractivity contribution is 7.96. The summed E-state index contributed by atoms with van der Waals surface area (Å²) in [5.41, 5.74) is 3.67. The predicted octanol–water partition coefficient (Wildman–Crippen LogP) is 3.24. The Morgan fingerprint density at radius 3 is 2.48 bits per heavy atom. The molecule has 0 aliphatic carbocycles. The van der Waals surface area contributed by atoms with Crippen molar-refractivity contribution in [2.24, 2.45) is 4.99 Å². The minimum Gasteiger partial charge on any atom is -0.369 e. The number of aliphatic imine (C=N–C) groups is 1. The van der Waals surface area contributed by atoms with Crippen molar-refractivity contribution >= 4 is 23.5 Å². The van der Waals surface area contributed by atoms with Crippen LogP contribution in [0.2, 0.25) is 0 Å². The van der Waals surface area contributed by atoms with Crippen molar-refractivity contribution in [1.82, 2.24) is 9.62 Å². The summed E-state index contributed by atoms with van der Waals surface area (Å²) in [6.45, 7) is 5.75. The molecule has 142 valence electrons. The number of hydrogen-bond donors (Lipinski definition) is 1. The van der Waals surface area contributed by atoms with E-state index in [1.54, 1.807) is 7.05 Å². The zero-order valence-electron chi connectivity index (χ0n) is 16.0. The second-order valence-corrected chi connectivity index (χ2v) is 7.33. The van der Waals surface area contributed by atoms with Gasteiger partial charge in [-0.1, -0.05) is 17.9 Å². The van der Waals surface area contributed by atoms with Gasteiger partial charge in [0, 0.05) is 50.1 Å². The molecular weight excluding hydrogens is 359 g/mol. The third-order valence-electron chi connectivity index (χ3n) is 4.53. The zero-order chi connectivity index (χ0) is 19.2. The van der Waals surface area contributed by atoms with Crippen LogP contribution in [0.4, 0.5) is 10.1 Å². The van der Waals surface area contributed by atoms with Gasteiger partial charge in [0.25, 0.3) is 0 Å². The molecule has 1 unspecified atom stereocenters. The van der Waals surface area contributed by atoms with Gasteiger partial charge < -0.3 is 10.2 Å². The molecule has 0 saturated carbocycles. The largest absolute Gasteiger partial charge is 0.369 e. The van der Waals surface area contributed by atoms with E-state index in [4.69, 9.17) is 0 Å². The molecule has 0 radical (unpaired) electrons. The standard InChI is InChI=1S/C21H25FN4S/c1-16(22)14-18-15-19(24-21(18)23-2)7-4-17-5-8-20(9-6-17)25-10-12-26(27-3)13-11-25/h5-6,8-9,14-16H,10-13H2,1-3H3,(H,23,24)/b18-14-. The summed E-state index contributed by atoms with van der Waals surface area (Å²) in [5, 5.41) is 3.13. The van der Waals surface area contributed by atoms with Crippen LogP contribution >= 0.6 is 11.9 Å². The van der Waals surface area contributed by atoms with Crippen molar-refractivity contribution in [3.05, 3.63) is 53.3 Å². The number of nitrogens with one attached hydrogen (secondary N) is 1. The lowest BCUT2D eigenvalue weighted by Gasteiger charge is -2.34. The SMILES string of the molecule is CN=C1NC(C#Cc2ccc(N3CCN(SC)CC3)cc2)=C/C1=C/C(C)F. The van der Waals surface area contributed by atoms with Crippen molar-refractivity contribution in [2.75, 3.05) is 44.4 Å². The van der Waals surface area contributed by atoms with Crippen LogP contribution in [0.25, 0.3) is 0 Å². The summed E-state index contributed by atoms with van der Waals surface area (Å²) < 4.78 is 15.6. The Balaban J connectivity index is 1.66. The normalized spacial score (nSPS) is 21.6. The minimum atomic E-state index is -1.02. The molecule has 3 rings (SSSR count). The topological polar surface area (TPSA) is 30.9 Å². The minimum absolute atomic E-state index is 0.656. The van der Waals surface area contributed by atoms with Crippen LogP contribution in [0.3, 0.4) is 0 Å². The van der Waals surface area contributed by atoms with Gasteiger partial charge in [0.15, 0.2) is 0 Å². The number of alkyl halides is 1. The molecular formula is C21H25FN4S. The number of piperazine rings is 1. The lowest BCUT2D eigenvalue weighted by molar-refractivity contribution is 0.430. The molecule has 0 bridgehead atoms. The fourth-order valence-corrected chi connectivity index (χ4v) is 3.64. The van der Waals surface area contributed by atoms with Gasteiger partial charge in [0.2, 0.25) is 0 Å². The first-order valence-electron chi connectivity index (χ1n) is 9.07. The van der Waals surface area contributed by atoms with Gasteiger partial charge in [-0.3, -0.25) is 4.99 Å². The van der Waals surface area contributed by atoms with Crippen molar-refractivity contribution in [3.8, 4) is 11.8 Å². The van der Waals surface area contributed by atoms with Gasteiger partial charge in [-0.2, -0.15) is 0 Å². The molecule has 1 aromatic carbocycles. The molecule has 0 spiro atoms. The van der Waals surface area contributed by atoms with Gasteiger partial charge in [-0.05, 0) is 55.5 Å². The number of anilines is 1. The van der Waals surface area contributed by atoms with E-state index in [1.165, 1.54) is 18.7 Å². The quantitative estimate of drug-likeness (QED) is 0.640. The highest BCUT2D eigenvalue weighted by atomic mass is 32.2. The first kappa shape index (κ1) is 19.5. The van der Waals surface area contributed by atoms with Gasteiger partial charge in [-0.15, -0.1) is 0 Å². The van der Waals surface area contributed by atoms with Gasteiger partial charge >= 0.3 is 0 Å². The monoisotopic (exact) mass is 384 g/mol. The number of halogens is 1. The Morgan fingerprint density at radius 1 is 1.19 bits per heavy atom. The fraction of sp³-hybridized carbons (Fsp3) is 0.381. The average molecular weight is 385 g/mol. The van der Waals surface area contributed by atoms with Crippen LogP contribution < -0.4 is 10.2 Å². The van der Waals surface area contributed by atoms with Crippen molar-refractivity contribution in [3.63, 3.8) is 0 Å². The van der Waals surface area contributed by atoms with E-state index >= 15 is 0 Å². The molecule has 2 aliphatic rings. The van der Waals surface area contributed by atoms with E-state index in [1.807, 2.05) is 30.2 Å². The third-order valence-corrected chi connectivity index (χ3v) is 5.41. The molecule has 0 aromatic heterocycles. The molecule has 6 heteroatoms. The maximum Gasteiger partial charge on any atom is 0.132 e. The van der Waals surface area contributed by atoms with Crippen LogP contribution in [0.5, 0.6) is 0 Å². The highest BCUT2D eigenvalue weighted by Crippen LogP contribution is 2.19. The van der Waals surface area contributed by atoms with E-state index in [-0.39, 0.29) is 0 Å². The second-order valence-electron chi connectivity index (χ2n) is 6.45. The molecule has 1 saturated heterocycles. The van der Waals surface area contributed by atoms with E-state index in [9.17, 15) is 4.39 Å². The molecule has 1 atom stereocenters. The molecule has 1 N–H and O–H groups in total. The van der Waals surface area contributed by atoms with Gasteiger partial charge in [0.1, 0.15) is 12.0 Å². The lowest BCUT2D eigenvalue weighted by atomic mass is 10.1. The number of hydrogen-bond acceptors (Lipinski definition) is 4. The predicted molar refractivity (Wildman–Crippen MR) is 114 cm³/mol. The molecule has 27 heavy (non-hydrogen) atoms. The number of benzene rings is 1. The number of amidine groups is 1. The first-order chi connectivity index (χ1) is 13.1. The van der Waals surface area contributed by atoms with Crippen LogP contribution in [0.1, 0.15) is 12.5 Å². The van der Waals surface area contributed by atoms with Crippen LogP contribution in [-0.2, 0) is 0 Å². The zero-order valence-corrected chi connectivity index (χ0v) is 16.8. The smallest absolute Gasteiger partial charge is 0.132 e. The first-order valence-corrected chi connectivity index (χ1v) is 10.2. The Kier molecular flexibility index (Phi) is 6.59. The molecule has 1 fully saturated rings. The lowest BCUT2D eigenvalue weighted by Crippen LogP contribution is -2.43. The maximum atomic E-state index is 13.2. The molecule has 4 nitrogen and oxygen atoms in total. The Morgan fingerprint density at radius 2 is 1.89 bits per heavy atom. The molecule has 0 amide bonds. The summed E-state index contributed by atoms with van der Waals surface area (Å²) in [6.07, 6.45) is 4.48. The number of rotatable bonds is 3. The van der Waals surface area contributed by atoms with E-state index in [2.05, 4.69) is 49.7 Å². The highest BCUT2D eigenvalue weighted by Gasteiger charge is 2.16. The Hall–Kier alpha value is -2.23. The third kappa shape index (κ3) is 5.15. The maximum absolute atomic E-state index is 13.2. The summed E-state index contributed by atoms with van der Waals surface area (Å²) in [7, 11) is 1.68. The van der Waals surface area contributed by atoms with E-state index < -0.39 is 6.17 Å². The van der Waals surface area contributed by atoms with E-state index in [0.29, 0.717) is 5.84 Å². The van der Waals surface area contributed by atoms with Crippen molar-refractivity contribution in [1.29, 1.82) is 0 Å². The van der Waals surface area contributed by atoms with E-state index in [0.717, 1.165) is 43.0 Å². The summed E-state index contributed by atoms with van der Waals surface area (Å²) >= 11 is 1.81. The van der Waals surface area contributed by atoms with Crippen LogP contribution in [-0.4, -0.2) is 55.8 Å². The summed E-state index contributed by atoms with van der Waals surface area (Å²) in [5.74, 6) is 6.93. The summed E-state index contributed by atoms with van der Waals surface area (Å²) in [4.78, 5) is 6.55. The Bertz CT molecular complexity index is 807. The Labute approximate surface area is 165 Å².